The number of nitrogens with one attached hydrogen (secondary N) is 2. The Bertz CT molecular complexity index is 1050. The normalized spacial score (nSPS) is 10.9. The van der Waals surface area contributed by atoms with E-state index in [1.54, 1.807) is 12.4 Å². The maximum atomic E-state index is 5.86. The van der Waals surface area contributed by atoms with E-state index in [1.807, 2.05) is 50.2 Å². The molecule has 0 saturated heterocycles. The highest BCUT2D eigenvalue weighted by atomic mass is 16.5. The van der Waals surface area contributed by atoms with Gasteiger partial charge < -0.3 is 19.2 Å². The fourth-order valence-electron chi connectivity index (χ4n) is 2.81. The summed E-state index contributed by atoms with van der Waals surface area (Å²) < 4.78 is 17.1. The molecule has 7 heteroatoms. The van der Waals surface area contributed by atoms with E-state index < -0.39 is 0 Å². The van der Waals surface area contributed by atoms with E-state index in [4.69, 9.17) is 13.9 Å². The van der Waals surface area contributed by atoms with Crippen molar-refractivity contribution in [1.82, 2.24) is 15.2 Å². The van der Waals surface area contributed by atoms with E-state index in [-0.39, 0.29) is 0 Å². The number of aromatic amines is 1. The lowest BCUT2D eigenvalue weighted by atomic mass is 10.1. The molecule has 2 heterocycles. The summed E-state index contributed by atoms with van der Waals surface area (Å²) in [5.41, 5.74) is 2.72. The molecule has 0 atom stereocenters. The third kappa shape index (κ3) is 3.57. The van der Waals surface area contributed by atoms with Crippen LogP contribution in [-0.2, 0) is 0 Å². The highest BCUT2D eigenvalue weighted by Crippen LogP contribution is 2.34. The van der Waals surface area contributed by atoms with Crippen molar-refractivity contribution in [3.05, 3.63) is 48.8 Å². The summed E-state index contributed by atoms with van der Waals surface area (Å²) >= 11 is 0. The van der Waals surface area contributed by atoms with Crippen LogP contribution < -0.4 is 14.8 Å². The monoisotopic (exact) mass is 364 g/mol. The van der Waals surface area contributed by atoms with Gasteiger partial charge in [-0.1, -0.05) is 0 Å². The van der Waals surface area contributed by atoms with Crippen LogP contribution >= 0.6 is 0 Å². The lowest BCUT2D eigenvalue weighted by Crippen LogP contribution is -1.98. The van der Waals surface area contributed by atoms with Crippen molar-refractivity contribution >= 4 is 22.6 Å². The first-order chi connectivity index (χ1) is 13.3. The number of oxazole rings is 1. The highest BCUT2D eigenvalue weighted by Gasteiger charge is 2.12. The predicted molar refractivity (Wildman–Crippen MR) is 104 cm³/mol. The van der Waals surface area contributed by atoms with Gasteiger partial charge in [0.1, 0.15) is 0 Å². The second kappa shape index (κ2) is 7.41. The van der Waals surface area contributed by atoms with Gasteiger partial charge in [-0.25, -0.2) is 4.98 Å². The van der Waals surface area contributed by atoms with Crippen LogP contribution in [0.15, 0.2) is 53.2 Å². The molecule has 0 amide bonds. The molecule has 0 spiro atoms. The van der Waals surface area contributed by atoms with Gasteiger partial charge in [0.2, 0.25) is 0 Å². The number of fused-ring (bicyclic) bond motifs is 1. The molecule has 0 aliphatic rings. The number of rotatable bonds is 7. The third-order valence-electron chi connectivity index (χ3n) is 4.03. The van der Waals surface area contributed by atoms with Crippen LogP contribution in [0.25, 0.3) is 22.2 Å². The number of ether oxygens (including phenoxy) is 2. The van der Waals surface area contributed by atoms with Crippen molar-refractivity contribution in [2.45, 2.75) is 13.8 Å². The summed E-state index contributed by atoms with van der Waals surface area (Å²) in [5.74, 6) is 2.05. The number of anilines is 2. The number of hydrogen-bond donors (Lipinski definition) is 2. The number of benzene rings is 2. The second-order valence-corrected chi connectivity index (χ2v) is 5.85. The highest BCUT2D eigenvalue weighted by molar-refractivity contribution is 5.82. The van der Waals surface area contributed by atoms with Crippen LogP contribution in [0.1, 0.15) is 13.8 Å². The standard InChI is InChI=1S/C20H20N4O3/c1-3-25-17-8-5-13(10-18(17)26-4-2)19-12-21-20(27-19)23-15-6-7-16-14(9-15)11-22-24-16/h5-12H,3-4H2,1-2H3,(H,21,23)(H,22,24). The van der Waals surface area contributed by atoms with E-state index in [2.05, 4.69) is 20.5 Å². The number of H-pyrrole nitrogens is 1. The summed E-state index contributed by atoms with van der Waals surface area (Å²) in [6, 6.07) is 12.0. The van der Waals surface area contributed by atoms with Crippen LogP contribution in [0.3, 0.4) is 0 Å². The Hall–Kier alpha value is -3.48. The van der Waals surface area contributed by atoms with Gasteiger partial charge in [0.05, 0.1) is 31.1 Å². The van der Waals surface area contributed by atoms with Crippen LogP contribution in [0.2, 0.25) is 0 Å². The van der Waals surface area contributed by atoms with Gasteiger partial charge in [-0.15, -0.1) is 0 Å². The molecule has 7 nitrogen and oxygen atoms in total. The Morgan fingerprint density at radius 2 is 1.85 bits per heavy atom. The molecule has 27 heavy (non-hydrogen) atoms. The van der Waals surface area contributed by atoms with Crippen molar-refractivity contribution in [2.24, 2.45) is 0 Å². The molecule has 0 radical (unpaired) electrons. The molecule has 2 N–H and O–H groups in total. The Balaban J connectivity index is 1.57. The fraction of sp³-hybridized carbons (Fsp3) is 0.200. The van der Waals surface area contributed by atoms with E-state index in [0.29, 0.717) is 30.7 Å². The van der Waals surface area contributed by atoms with Crippen LogP contribution in [0, 0.1) is 0 Å². The van der Waals surface area contributed by atoms with Crippen molar-refractivity contribution in [2.75, 3.05) is 18.5 Å². The van der Waals surface area contributed by atoms with Crippen LogP contribution in [0.5, 0.6) is 11.5 Å². The van der Waals surface area contributed by atoms with Crippen LogP contribution in [0.4, 0.5) is 11.7 Å². The zero-order valence-electron chi connectivity index (χ0n) is 15.2. The van der Waals surface area contributed by atoms with Crippen molar-refractivity contribution in [3.8, 4) is 22.8 Å². The maximum Gasteiger partial charge on any atom is 0.299 e. The molecule has 2 aromatic carbocycles. The molecule has 0 aliphatic carbocycles. The Labute approximate surface area is 156 Å². The average molecular weight is 364 g/mol. The molecule has 0 saturated carbocycles. The van der Waals surface area contributed by atoms with Gasteiger partial charge in [0.15, 0.2) is 17.3 Å². The Morgan fingerprint density at radius 3 is 2.70 bits per heavy atom. The largest absolute Gasteiger partial charge is 0.490 e. The summed E-state index contributed by atoms with van der Waals surface area (Å²) in [5, 5.41) is 11.1. The van der Waals surface area contributed by atoms with E-state index >= 15 is 0 Å². The van der Waals surface area contributed by atoms with Gasteiger partial charge in [0.25, 0.3) is 6.01 Å². The maximum absolute atomic E-state index is 5.86. The summed E-state index contributed by atoms with van der Waals surface area (Å²) in [6.45, 7) is 5.02. The molecule has 2 aromatic heterocycles. The first kappa shape index (κ1) is 17.0. The molecule has 0 fully saturated rings. The Morgan fingerprint density at radius 1 is 1.00 bits per heavy atom. The molecule has 0 unspecified atom stereocenters. The molecule has 138 valence electrons. The van der Waals surface area contributed by atoms with Crippen molar-refractivity contribution in [1.29, 1.82) is 0 Å². The van der Waals surface area contributed by atoms with Gasteiger partial charge in [-0.05, 0) is 50.2 Å². The zero-order valence-corrected chi connectivity index (χ0v) is 15.2. The lowest BCUT2D eigenvalue weighted by molar-refractivity contribution is 0.288. The molecule has 4 rings (SSSR count). The Kier molecular flexibility index (Phi) is 4.65. The van der Waals surface area contributed by atoms with Crippen molar-refractivity contribution < 1.29 is 13.9 Å². The summed E-state index contributed by atoms with van der Waals surface area (Å²) in [4.78, 5) is 4.32. The van der Waals surface area contributed by atoms with Crippen molar-refractivity contribution in [3.63, 3.8) is 0 Å². The van der Waals surface area contributed by atoms with Gasteiger partial charge in [-0.3, -0.25) is 5.10 Å². The molecule has 0 bridgehead atoms. The fourth-order valence-corrected chi connectivity index (χ4v) is 2.81. The van der Waals surface area contributed by atoms with Gasteiger partial charge >= 0.3 is 0 Å². The first-order valence-corrected chi connectivity index (χ1v) is 8.83. The second-order valence-electron chi connectivity index (χ2n) is 5.85. The minimum Gasteiger partial charge on any atom is -0.490 e. The zero-order chi connectivity index (χ0) is 18.6. The predicted octanol–water partition coefficient (Wildman–Crippen LogP) is 4.76. The smallest absolute Gasteiger partial charge is 0.299 e. The SMILES string of the molecule is CCOc1ccc(-c2cnc(Nc3ccc4[nH]ncc4c3)o2)cc1OCC. The van der Waals surface area contributed by atoms with Gasteiger partial charge in [-0.2, -0.15) is 5.10 Å². The van der Waals surface area contributed by atoms with E-state index in [9.17, 15) is 0 Å². The average Bonchev–Trinajstić information content (AvgIpc) is 3.32. The molecular formula is C20H20N4O3. The van der Waals surface area contributed by atoms with Gasteiger partial charge in [0, 0.05) is 16.6 Å². The number of hydrogen-bond acceptors (Lipinski definition) is 6. The first-order valence-electron chi connectivity index (χ1n) is 8.83. The quantitative estimate of drug-likeness (QED) is 0.492. The molecule has 4 aromatic rings. The minimum atomic E-state index is 0.416. The number of nitrogens with zero attached hydrogens (tertiary/aromatic N) is 2. The lowest BCUT2D eigenvalue weighted by Gasteiger charge is -2.11. The minimum absolute atomic E-state index is 0.416. The van der Waals surface area contributed by atoms with E-state index in [1.165, 1.54) is 0 Å². The third-order valence-corrected chi connectivity index (χ3v) is 4.03. The topological polar surface area (TPSA) is 85.2 Å². The number of aromatic nitrogens is 3. The summed E-state index contributed by atoms with van der Waals surface area (Å²) in [6.07, 6.45) is 3.46. The van der Waals surface area contributed by atoms with Crippen LogP contribution in [-0.4, -0.2) is 28.4 Å². The molecule has 0 aliphatic heterocycles. The summed E-state index contributed by atoms with van der Waals surface area (Å²) in [7, 11) is 0. The molecular weight excluding hydrogens is 344 g/mol. The van der Waals surface area contributed by atoms with E-state index in [0.717, 1.165) is 27.9 Å².